The maximum absolute atomic E-state index is 5.85. The summed E-state index contributed by atoms with van der Waals surface area (Å²) in [7, 11) is 0. The van der Waals surface area contributed by atoms with E-state index in [9.17, 15) is 0 Å². The van der Waals surface area contributed by atoms with Crippen molar-refractivity contribution < 1.29 is 0 Å². The minimum Gasteiger partial charge on any atom is -0.126 e. The molecule has 2 aliphatic rings. The molecule has 58 valence electrons. The largest absolute Gasteiger partial charge is 0.126 e. The molecule has 0 aromatic heterocycles. The van der Waals surface area contributed by atoms with Crippen LogP contribution >= 0.6 is 11.6 Å². The summed E-state index contributed by atoms with van der Waals surface area (Å²) in [5, 5.41) is 0. The molecule has 2 aliphatic carbocycles. The molecular weight excluding hydrogens is 144 g/mol. The van der Waals surface area contributed by atoms with Gasteiger partial charge in [-0.25, -0.2) is 0 Å². The minimum absolute atomic E-state index is 0.516. The Bertz CT molecular complexity index is 131. The number of hydrogen-bond acceptors (Lipinski definition) is 0. The van der Waals surface area contributed by atoms with Gasteiger partial charge in [0.1, 0.15) is 0 Å². The zero-order valence-electron chi connectivity index (χ0n) is 6.62. The lowest BCUT2D eigenvalue weighted by atomic mass is 9.46. The number of alkyl halides is 1. The molecule has 0 saturated heterocycles. The minimum atomic E-state index is 0.516. The third-order valence-electron chi connectivity index (χ3n) is 3.34. The maximum atomic E-state index is 5.85. The van der Waals surface area contributed by atoms with Crippen LogP contribution in [0.15, 0.2) is 0 Å². The van der Waals surface area contributed by atoms with Crippen molar-refractivity contribution in [3.8, 4) is 0 Å². The Labute approximate surface area is 68.0 Å². The van der Waals surface area contributed by atoms with Gasteiger partial charge in [0.15, 0.2) is 0 Å². The molecule has 1 heteroatoms. The Morgan fingerprint density at radius 3 is 2.20 bits per heavy atom. The van der Waals surface area contributed by atoms with Gasteiger partial charge in [-0.1, -0.05) is 13.3 Å². The zero-order valence-corrected chi connectivity index (χ0v) is 7.38. The summed E-state index contributed by atoms with van der Waals surface area (Å²) < 4.78 is 0. The van der Waals surface area contributed by atoms with Crippen LogP contribution in [0.3, 0.4) is 0 Å². The summed E-state index contributed by atoms with van der Waals surface area (Å²) >= 11 is 5.85. The second kappa shape index (κ2) is 1.91. The topological polar surface area (TPSA) is 0 Å². The van der Waals surface area contributed by atoms with Crippen molar-refractivity contribution in [2.75, 3.05) is 5.88 Å². The van der Waals surface area contributed by atoms with Crippen LogP contribution in [0, 0.1) is 10.8 Å². The van der Waals surface area contributed by atoms with Crippen molar-refractivity contribution in [3.05, 3.63) is 0 Å². The molecule has 0 heterocycles. The quantitative estimate of drug-likeness (QED) is 0.515. The van der Waals surface area contributed by atoms with E-state index in [1.807, 2.05) is 0 Å². The molecule has 0 atom stereocenters. The van der Waals surface area contributed by atoms with Gasteiger partial charge in [0.2, 0.25) is 0 Å². The highest BCUT2D eigenvalue weighted by atomic mass is 35.5. The molecule has 0 aliphatic heterocycles. The molecule has 10 heavy (non-hydrogen) atoms. The van der Waals surface area contributed by atoms with Gasteiger partial charge in [-0.2, -0.15) is 0 Å². The summed E-state index contributed by atoms with van der Waals surface area (Å²) in [6.07, 6.45) is 7.25. The molecule has 0 N–H and O–H groups in total. The van der Waals surface area contributed by atoms with Crippen molar-refractivity contribution in [1.82, 2.24) is 0 Å². The van der Waals surface area contributed by atoms with E-state index in [0.29, 0.717) is 5.41 Å². The Balaban J connectivity index is 1.92. The molecule has 0 nitrogen and oxygen atoms in total. The van der Waals surface area contributed by atoms with Crippen LogP contribution in [-0.2, 0) is 0 Å². The maximum Gasteiger partial charge on any atom is 0.0277 e. The number of rotatable bonds is 1. The highest BCUT2D eigenvalue weighted by Gasteiger charge is 2.53. The van der Waals surface area contributed by atoms with Gasteiger partial charge in [0.05, 0.1) is 0 Å². The standard InChI is InChI=1S/C9H15Cl/c1-8(7-10)5-9(6-8)3-2-4-9/h2-7H2,1H3. The average molecular weight is 159 g/mol. The van der Waals surface area contributed by atoms with E-state index in [4.69, 9.17) is 11.6 Å². The van der Waals surface area contributed by atoms with Gasteiger partial charge in [0, 0.05) is 5.88 Å². The van der Waals surface area contributed by atoms with Gasteiger partial charge in [-0.3, -0.25) is 0 Å². The average Bonchev–Trinajstić information content (AvgIpc) is 1.77. The summed E-state index contributed by atoms with van der Waals surface area (Å²) in [6, 6.07) is 0. The van der Waals surface area contributed by atoms with Crippen LogP contribution in [-0.4, -0.2) is 5.88 Å². The van der Waals surface area contributed by atoms with E-state index in [1.54, 1.807) is 0 Å². The van der Waals surface area contributed by atoms with Gasteiger partial charge in [-0.15, -0.1) is 11.6 Å². The lowest BCUT2D eigenvalue weighted by molar-refractivity contribution is -0.0730. The molecule has 2 fully saturated rings. The van der Waals surface area contributed by atoms with Crippen LogP contribution < -0.4 is 0 Å². The normalized spacial score (nSPS) is 33.0. The second-order valence-electron chi connectivity index (χ2n) is 4.65. The Kier molecular flexibility index (Phi) is 1.33. The molecule has 1 spiro atoms. The fourth-order valence-corrected chi connectivity index (χ4v) is 3.07. The van der Waals surface area contributed by atoms with E-state index in [0.717, 1.165) is 11.3 Å². The Hall–Kier alpha value is 0.290. The van der Waals surface area contributed by atoms with E-state index in [1.165, 1.54) is 32.1 Å². The van der Waals surface area contributed by atoms with Gasteiger partial charge in [0.25, 0.3) is 0 Å². The predicted octanol–water partition coefficient (Wildman–Crippen LogP) is 3.20. The van der Waals surface area contributed by atoms with E-state index >= 15 is 0 Å². The first-order valence-corrected chi connectivity index (χ1v) is 4.78. The highest BCUT2D eigenvalue weighted by Crippen LogP contribution is 2.64. The first-order valence-electron chi connectivity index (χ1n) is 4.24. The van der Waals surface area contributed by atoms with Crippen molar-refractivity contribution in [3.63, 3.8) is 0 Å². The van der Waals surface area contributed by atoms with E-state index in [2.05, 4.69) is 6.92 Å². The van der Waals surface area contributed by atoms with Crippen LogP contribution in [0.25, 0.3) is 0 Å². The summed E-state index contributed by atoms with van der Waals surface area (Å²) in [5.41, 5.74) is 1.31. The summed E-state index contributed by atoms with van der Waals surface area (Å²) in [6.45, 7) is 2.32. The van der Waals surface area contributed by atoms with Crippen molar-refractivity contribution >= 4 is 11.6 Å². The molecule has 0 unspecified atom stereocenters. The van der Waals surface area contributed by atoms with E-state index in [-0.39, 0.29) is 0 Å². The molecule has 0 radical (unpaired) electrons. The molecule has 0 amide bonds. The molecular formula is C9H15Cl. The fraction of sp³-hybridized carbons (Fsp3) is 1.00. The summed E-state index contributed by atoms with van der Waals surface area (Å²) in [5.74, 6) is 0.870. The first-order chi connectivity index (χ1) is 4.68. The van der Waals surface area contributed by atoms with Crippen LogP contribution in [0.4, 0.5) is 0 Å². The van der Waals surface area contributed by atoms with E-state index < -0.39 is 0 Å². The van der Waals surface area contributed by atoms with Gasteiger partial charge in [-0.05, 0) is 36.5 Å². The van der Waals surface area contributed by atoms with Gasteiger partial charge < -0.3 is 0 Å². The lowest BCUT2D eigenvalue weighted by Gasteiger charge is -2.59. The highest BCUT2D eigenvalue weighted by molar-refractivity contribution is 6.18. The zero-order chi connectivity index (χ0) is 7.24. The Morgan fingerprint density at radius 2 is 1.90 bits per heavy atom. The summed E-state index contributed by atoms with van der Waals surface area (Å²) in [4.78, 5) is 0. The van der Waals surface area contributed by atoms with Crippen molar-refractivity contribution in [2.24, 2.45) is 10.8 Å². The molecule has 2 saturated carbocycles. The SMILES string of the molecule is CC1(CCl)CC2(CCC2)C1. The smallest absolute Gasteiger partial charge is 0.0277 e. The molecule has 2 rings (SSSR count). The molecule has 0 bridgehead atoms. The fourth-order valence-electron chi connectivity index (χ4n) is 2.88. The van der Waals surface area contributed by atoms with Crippen LogP contribution in [0.1, 0.15) is 39.0 Å². The molecule has 0 aromatic rings. The van der Waals surface area contributed by atoms with Crippen LogP contribution in [0.2, 0.25) is 0 Å². The van der Waals surface area contributed by atoms with Crippen molar-refractivity contribution in [1.29, 1.82) is 0 Å². The number of hydrogen-bond donors (Lipinski definition) is 0. The molecule has 0 aromatic carbocycles. The third kappa shape index (κ3) is 0.812. The van der Waals surface area contributed by atoms with Gasteiger partial charge >= 0.3 is 0 Å². The predicted molar refractivity (Wildman–Crippen MR) is 44.3 cm³/mol. The van der Waals surface area contributed by atoms with Crippen LogP contribution in [0.5, 0.6) is 0 Å². The monoisotopic (exact) mass is 158 g/mol. The first kappa shape index (κ1) is 6.97. The number of halogens is 1. The second-order valence-corrected chi connectivity index (χ2v) is 4.92. The lowest BCUT2D eigenvalue weighted by Crippen LogP contribution is -2.49. The van der Waals surface area contributed by atoms with Crippen molar-refractivity contribution in [2.45, 2.75) is 39.0 Å². The third-order valence-corrected chi connectivity index (χ3v) is 3.99. The Morgan fingerprint density at radius 1 is 1.30 bits per heavy atom.